The van der Waals surface area contributed by atoms with E-state index >= 15 is 0 Å². The van der Waals surface area contributed by atoms with Crippen molar-refractivity contribution >= 4 is 11.9 Å². The molecule has 0 aromatic carbocycles. The summed E-state index contributed by atoms with van der Waals surface area (Å²) in [5.74, 6) is 1.60. The molecule has 0 aliphatic heterocycles. The second kappa shape index (κ2) is 6.72. The van der Waals surface area contributed by atoms with Crippen LogP contribution in [0.25, 0.3) is 0 Å². The lowest BCUT2D eigenvalue weighted by Crippen LogP contribution is -2.59. The maximum atomic E-state index is 12.5. The van der Waals surface area contributed by atoms with Gasteiger partial charge in [-0.2, -0.15) is 0 Å². The molecule has 4 aliphatic rings. The highest BCUT2D eigenvalue weighted by Crippen LogP contribution is 2.68. The summed E-state index contributed by atoms with van der Waals surface area (Å²) in [5.41, 5.74) is -1.42. The van der Waals surface area contributed by atoms with Gasteiger partial charge in [-0.3, -0.25) is 4.79 Å². The Morgan fingerprint density at radius 2 is 1.68 bits per heavy atom. The predicted octanol–water partition coefficient (Wildman–Crippen LogP) is 3.86. The first-order valence-corrected chi connectivity index (χ1v) is 11.1. The lowest BCUT2D eigenvalue weighted by Gasteiger charge is -2.61. The van der Waals surface area contributed by atoms with E-state index in [1.165, 1.54) is 20.5 Å². The Labute approximate surface area is 168 Å². The van der Waals surface area contributed by atoms with Crippen LogP contribution in [0, 0.1) is 34.5 Å². The third kappa shape index (κ3) is 2.68. The summed E-state index contributed by atoms with van der Waals surface area (Å²) in [5, 5.41) is 11.3. The van der Waals surface area contributed by atoms with Crippen molar-refractivity contribution in [3.8, 4) is 0 Å². The molecule has 158 valence electrons. The molecule has 0 heterocycles. The van der Waals surface area contributed by atoms with Gasteiger partial charge in [0.25, 0.3) is 0 Å². The van der Waals surface area contributed by atoms with Gasteiger partial charge in [0.15, 0.2) is 5.60 Å². The first-order chi connectivity index (χ1) is 13.2. The van der Waals surface area contributed by atoms with Gasteiger partial charge in [-0.25, -0.2) is 4.79 Å². The smallest absolute Gasteiger partial charge is 0.338 e. The number of carbonyl (C=O) groups excluding carboxylic acids is 2. The molecule has 8 unspecified atom stereocenters. The van der Waals surface area contributed by atoms with Crippen LogP contribution in [-0.4, -0.2) is 35.9 Å². The standard InChI is InChI=1S/C23H36O5/c1-14(24)28-16-7-10-21(2)15(13-16)5-6-17-18(21)8-11-22(3)19(17)9-12-23(22,26)20(25)27-4/h15-19,26H,5-13H2,1-4H3. The number of hydrogen-bond acceptors (Lipinski definition) is 5. The van der Waals surface area contributed by atoms with Gasteiger partial charge in [-0.05, 0) is 86.9 Å². The van der Waals surface area contributed by atoms with E-state index in [0.717, 1.165) is 44.9 Å². The average molecular weight is 393 g/mol. The minimum absolute atomic E-state index is 0.0804. The molecule has 0 spiro atoms. The summed E-state index contributed by atoms with van der Waals surface area (Å²) in [6, 6.07) is 0. The summed E-state index contributed by atoms with van der Waals surface area (Å²) in [4.78, 5) is 23.9. The summed E-state index contributed by atoms with van der Waals surface area (Å²) >= 11 is 0. The summed E-state index contributed by atoms with van der Waals surface area (Å²) in [6.07, 6.45) is 8.88. The van der Waals surface area contributed by atoms with E-state index in [1.54, 1.807) is 0 Å². The average Bonchev–Trinajstić information content (AvgIpc) is 2.93. The second-order valence-electron chi connectivity index (χ2n) is 10.5. The predicted molar refractivity (Wildman–Crippen MR) is 104 cm³/mol. The summed E-state index contributed by atoms with van der Waals surface area (Å²) in [6.45, 7) is 6.10. The van der Waals surface area contributed by atoms with Crippen molar-refractivity contribution in [2.24, 2.45) is 34.5 Å². The summed E-state index contributed by atoms with van der Waals surface area (Å²) in [7, 11) is 1.39. The van der Waals surface area contributed by atoms with Crippen LogP contribution < -0.4 is 0 Å². The Balaban J connectivity index is 1.56. The maximum absolute atomic E-state index is 12.5. The van der Waals surface area contributed by atoms with Gasteiger partial charge in [-0.1, -0.05) is 13.8 Å². The molecule has 4 fully saturated rings. The van der Waals surface area contributed by atoms with E-state index in [4.69, 9.17) is 9.47 Å². The molecule has 0 radical (unpaired) electrons. The third-order valence-corrected chi connectivity index (χ3v) is 9.62. The highest BCUT2D eigenvalue weighted by Gasteiger charge is 2.67. The molecule has 4 saturated carbocycles. The Bertz CT molecular complexity index is 661. The monoisotopic (exact) mass is 392 g/mol. The largest absolute Gasteiger partial charge is 0.467 e. The summed E-state index contributed by atoms with van der Waals surface area (Å²) < 4.78 is 10.6. The molecular formula is C23H36O5. The van der Waals surface area contributed by atoms with Crippen LogP contribution in [0.4, 0.5) is 0 Å². The molecule has 0 saturated heterocycles. The fourth-order valence-corrected chi connectivity index (χ4v) is 8.08. The quantitative estimate of drug-likeness (QED) is 0.722. The number of hydrogen-bond donors (Lipinski definition) is 1. The molecule has 0 amide bonds. The Morgan fingerprint density at radius 3 is 2.36 bits per heavy atom. The van der Waals surface area contributed by atoms with Crippen molar-refractivity contribution in [3.63, 3.8) is 0 Å². The fraction of sp³-hybridized carbons (Fsp3) is 0.913. The van der Waals surface area contributed by atoms with Gasteiger partial charge < -0.3 is 14.6 Å². The van der Waals surface area contributed by atoms with Crippen LogP contribution in [0.15, 0.2) is 0 Å². The lowest BCUT2D eigenvalue weighted by atomic mass is 9.44. The number of rotatable bonds is 2. The van der Waals surface area contributed by atoms with E-state index in [2.05, 4.69) is 13.8 Å². The van der Waals surface area contributed by atoms with Crippen molar-refractivity contribution < 1.29 is 24.2 Å². The van der Waals surface area contributed by atoms with E-state index < -0.39 is 11.6 Å². The normalized spacial score (nSPS) is 50.1. The molecule has 4 rings (SSSR count). The fourth-order valence-electron chi connectivity index (χ4n) is 8.08. The number of ether oxygens (including phenoxy) is 2. The first kappa shape index (κ1) is 20.2. The van der Waals surface area contributed by atoms with Crippen molar-refractivity contribution in [2.45, 2.75) is 90.3 Å². The van der Waals surface area contributed by atoms with E-state index in [1.807, 2.05) is 0 Å². The zero-order chi connectivity index (χ0) is 20.3. The SMILES string of the molecule is COC(=O)C1(O)CCC2C3CCC4CC(OC(C)=O)CCC4(C)C3CCC21C. The zero-order valence-corrected chi connectivity index (χ0v) is 17.8. The van der Waals surface area contributed by atoms with Crippen molar-refractivity contribution in [2.75, 3.05) is 7.11 Å². The van der Waals surface area contributed by atoms with Crippen molar-refractivity contribution in [1.29, 1.82) is 0 Å². The first-order valence-electron chi connectivity index (χ1n) is 11.1. The van der Waals surface area contributed by atoms with Crippen LogP contribution in [0.3, 0.4) is 0 Å². The molecule has 4 aliphatic carbocycles. The van der Waals surface area contributed by atoms with E-state index in [0.29, 0.717) is 30.1 Å². The van der Waals surface area contributed by atoms with Gasteiger partial charge in [0, 0.05) is 12.3 Å². The zero-order valence-electron chi connectivity index (χ0n) is 17.8. The number of aliphatic hydroxyl groups is 1. The highest BCUT2D eigenvalue weighted by atomic mass is 16.5. The molecule has 28 heavy (non-hydrogen) atoms. The molecule has 0 bridgehead atoms. The highest BCUT2D eigenvalue weighted by molar-refractivity contribution is 5.81. The van der Waals surface area contributed by atoms with E-state index in [9.17, 15) is 14.7 Å². The molecule has 0 aromatic rings. The number of fused-ring (bicyclic) bond motifs is 5. The van der Waals surface area contributed by atoms with Crippen molar-refractivity contribution in [3.05, 3.63) is 0 Å². The van der Waals surface area contributed by atoms with Crippen LogP contribution in [0.2, 0.25) is 0 Å². The third-order valence-electron chi connectivity index (χ3n) is 9.62. The molecule has 5 heteroatoms. The van der Waals surface area contributed by atoms with Crippen LogP contribution in [0.1, 0.15) is 78.6 Å². The van der Waals surface area contributed by atoms with Gasteiger partial charge in [0.2, 0.25) is 0 Å². The van der Waals surface area contributed by atoms with Gasteiger partial charge >= 0.3 is 11.9 Å². The molecule has 8 atom stereocenters. The molecule has 1 N–H and O–H groups in total. The van der Waals surface area contributed by atoms with Crippen LogP contribution in [0.5, 0.6) is 0 Å². The topological polar surface area (TPSA) is 72.8 Å². The maximum Gasteiger partial charge on any atom is 0.338 e. The molecule has 0 aromatic heterocycles. The van der Waals surface area contributed by atoms with Gasteiger partial charge in [-0.15, -0.1) is 0 Å². The Morgan fingerprint density at radius 1 is 0.964 bits per heavy atom. The van der Waals surface area contributed by atoms with Crippen LogP contribution >= 0.6 is 0 Å². The number of esters is 2. The van der Waals surface area contributed by atoms with Gasteiger partial charge in [0.05, 0.1) is 7.11 Å². The van der Waals surface area contributed by atoms with E-state index in [-0.39, 0.29) is 22.9 Å². The van der Waals surface area contributed by atoms with Gasteiger partial charge in [0.1, 0.15) is 6.10 Å². The Hall–Kier alpha value is -1.10. The minimum Gasteiger partial charge on any atom is -0.467 e. The van der Waals surface area contributed by atoms with Crippen molar-refractivity contribution in [1.82, 2.24) is 0 Å². The number of carbonyl (C=O) groups is 2. The Kier molecular flexibility index (Phi) is 4.84. The number of methoxy groups -OCH3 is 1. The molecular weight excluding hydrogens is 356 g/mol. The lowest BCUT2D eigenvalue weighted by molar-refractivity contribution is -0.191. The molecule has 5 nitrogen and oxygen atoms in total. The second-order valence-corrected chi connectivity index (χ2v) is 10.5. The minimum atomic E-state index is -1.33. The van der Waals surface area contributed by atoms with Crippen LogP contribution in [-0.2, 0) is 19.1 Å².